The van der Waals surface area contributed by atoms with Crippen LogP contribution < -0.4 is 5.32 Å². The zero-order chi connectivity index (χ0) is 19.4. The minimum absolute atomic E-state index is 0.161. The van der Waals surface area contributed by atoms with Crippen LogP contribution in [0.5, 0.6) is 0 Å². The number of amides is 1. The van der Waals surface area contributed by atoms with Crippen molar-refractivity contribution in [1.29, 1.82) is 0 Å². The Balaban J connectivity index is 1.57. The maximum Gasteiger partial charge on any atom is 0.308 e. The highest BCUT2D eigenvalue weighted by Gasteiger charge is 2.19. The summed E-state index contributed by atoms with van der Waals surface area (Å²) in [6, 6.07) is 15.4. The van der Waals surface area contributed by atoms with Crippen LogP contribution in [-0.4, -0.2) is 27.8 Å². The van der Waals surface area contributed by atoms with E-state index in [0.29, 0.717) is 12.2 Å². The normalized spacial score (nSPS) is 12.0. The SMILES string of the molecule is Cc1cc(C)n(CCC(=O)OC(C)C(=O)Nc2cccc3ccccc23)n1. The van der Waals surface area contributed by atoms with Crippen LogP contribution in [0.2, 0.25) is 0 Å². The van der Waals surface area contributed by atoms with Gasteiger partial charge in [-0.25, -0.2) is 0 Å². The topological polar surface area (TPSA) is 73.2 Å². The summed E-state index contributed by atoms with van der Waals surface area (Å²) in [4.78, 5) is 24.5. The molecule has 0 aliphatic rings. The number of fused-ring (bicyclic) bond motifs is 1. The number of ether oxygens (including phenoxy) is 1. The third-order valence-corrected chi connectivity index (χ3v) is 4.36. The van der Waals surface area contributed by atoms with Gasteiger partial charge in [0.2, 0.25) is 0 Å². The molecule has 0 spiro atoms. The molecule has 1 unspecified atom stereocenters. The van der Waals surface area contributed by atoms with Crippen molar-refractivity contribution in [3.05, 3.63) is 59.9 Å². The fraction of sp³-hybridized carbons (Fsp3) is 0.286. The summed E-state index contributed by atoms with van der Waals surface area (Å²) in [5, 5.41) is 9.13. The molecule has 0 fully saturated rings. The van der Waals surface area contributed by atoms with Crippen LogP contribution in [0.3, 0.4) is 0 Å². The van der Waals surface area contributed by atoms with E-state index in [1.807, 2.05) is 62.4 Å². The van der Waals surface area contributed by atoms with E-state index in [1.54, 1.807) is 11.6 Å². The summed E-state index contributed by atoms with van der Waals surface area (Å²) < 4.78 is 7.03. The lowest BCUT2D eigenvalue weighted by molar-refractivity contribution is -0.153. The first kappa shape index (κ1) is 18.6. The van der Waals surface area contributed by atoms with E-state index in [-0.39, 0.29) is 12.3 Å². The lowest BCUT2D eigenvalue weighted by atomic mass is 10.1. The third kappa shape index (κ3) is 4.53. The maximum absolute atomic E-state index is 12.4. The van der Waals surface area contributed by atoms with Gasteiger partial charge in [0.05, 0.1) is 18.7 Å². The molecule has 6 nitrogen and oxygen atoms in total. The molecule has 1 heterocycles. The molecule has 0 radical (unpaired) electrons. The van der Waals surface area contributed by atoms with E-state index >= 15 is 0 Å². The second-order valence-corrected chi connectivity index (χ2v) is 6.55. The zero-order valence-electron chi connectivity index (χ0n) is 15.7. The molecule has 1 atom stereocenters. The van der Waals surface area contributed by atoms with Crippen LogP contribution in [0.4, 0.5) is 5.69 Å². The fourth-order valence-electron chi connectivity index (χ4n) is 2.98. The molecular formula is C21H23N3O3. The van der Waals surface area contributed by atoms with Crippen LogP contribution in [0.1, 0.15) is 24.7 Å². The van der Waals surface area contributed by atoms with Gasteiger partial charge >= 0.3 is 5.97 Å². The molecule has 0 saturated carbocycles. The van der Waals surface area contributed by atoms with Gasteiger partial charge in [-0.15, -0.1) is 0 Å². The summed E-state index contributed by atoms with van der Waals surface area (Å²) >= 11 is 0. The average molecular weight is 365 g/mol. The van der Waals surface area contributed by atoms with Crippen LogP contribution in [0.15, 0.2) is 48.5 Å². The lowest BCUT2D eigenvalue weighted by Crippen LogP contribution is -2.30. The molecule has 140 valence electrons. The van der Waals surface area contributed by atoms with Gasteiger partial charge in [0.1, 0.15) is 0 Å². The molecule has 1 N–H and O–H groups in total. The van der Waals surface area contributed by atoms with Gasteiger partial charge < -0.3 is 10.1 Å². The van der Waals surface area contributed by atoms with E-state index in [0.717, 1.165) is 22.2 Å². The summed E-state index contributed by atoms with van der Waals surface area (Å²) in [6.07, 6.45) is -0.717. The highest BCUT2D eigenvalue weighted by molar-refractivity contribution is 6.03. The van der Waals surface area contributed by atoms with Gasteiger partial charge in [-0.1, -0.05) is 36.4 Å². The summed E-state index contributed by atoms with van der Waals surface area (Å²) in [5.41, 5.74) is 2.59. The smallest absolute Gasteiger partial charge is 0.308 e. The van der Waals surface area contributed by atoms with Gasteiger partial charge in [-0.3, -0.25) is 14.3 Å². The van der Waals surface area contributed by atoms with E-state index in [4.69, 9.17) is 4.74 Å². The van der Waals surface area contributed by atoms with Crippen molar-refractivity contribution in [3.8, 4) is 0 Å². The molecule has 1 amide bonds. The van der Waals surface area contributed by atoms with Crippen molar-refractivity contribution in [2.75, 3.05) is 5.32 Å². The lowest BCUT2D eigenvalue weighted by Gasteiger charge is -2.15. The molecule has 3 rings (SSSR count). The number of anilines is 1. The van der Waals surface area contributed by atoms with Crippen molar-refractivity contribution in [1.82, 2.24) is 9.78 Å². The first-order valence-corrected chi connectivity index (χ1v) is 8.93. The Kier molecular flexibility index (Phi) is 5.54. The average Bonchev–Trinajstić information content (AvgIpc) is 2.97. The van der Waals surface area contributed by atoms with Crippen molar-refractivity contribution in [2.24, 2.45) is 0 Å². The third-order valence-electron chi connectivity index (χ3n) is 4.36. The molecule has 1 aromatic heterocycles. The number of nitrogens with zero attached hydrogens (tertiary/aromatic N) is 2. The highest BCUT2D eigenvalue weighted by Crippen LogP contribution is 2.23. The van der Waals surface area contributed by atoms with Gasteiger partial charge in [0.15, 0.2) is 6.10 Å². The number of benzene rings is 2. The minimum atomic E-state index is -0.878. The number of aromatic nitrogens is 2. The number of aryl methyl sites for hydroxylation is 3. The number of carbonyl (C=O) groups is 2. The fourth-order valence-corrected chi connectivity index (χ4v) is 2.98. The maximum atomic E-state index is 12.4. The molecule has 27 heavy (non-hydrogen) atoms. The molecule has 0 bridgehead atoms. The number of hydrogen-bond acceptors (Lipinski definition) is 4. The van der Waals surface area contributed by atoms with Crippen LogP contribution in [0, 0.1) is 13.8 Å². The van der Waals surface area contributed by atoms with Gasteiger partial charge in [0, 0.05) is 16.8 Å². The van der Waals surface area contributed by atoms with Crippen LogP contribution in [0.25, 0.3) is 10.8 Å². The largest absolute Gasteiger partial charge is 0.452 e. The standard InChI is InChI=1S/C21H23N3O3/c1-14-13-15(2)24(23-14)12-11-20(25)27-16(3)21(26)22-19-10-6-8-17-7-4-5-9-18(17)19/h4-10,13,16H,11-12H2,1-3H3,(H,22,26). The Morgan fingerprint density at radius 1 is 1.15 bits per heavy atom. The van der Waals surface area contributed by atoms with Crippen molar-refractivity contribution < 1.29 is 14.3 Å². The Bertz CT molecular complexity index is 972. The van der Waals surface area contributed by atoms with E-state index < -0.39 is 12.1 Å². The van der Waals surface area contributed by atoms with E-state index in [2.05, 4.69) is 10.4 Å². The van der Waals surface area contributed by atoms with E-state index in [9.17, 15) is 9.59 Å². The minimum Gasteiger partial charge on any atom is -0.452 e. The number of rotatable bonds is 6. The van der Waals surface area contributed by atoms with Crippen LogP contribution in [-0.2, 0) is 20.9 Å². The Labute approximate surface area is 158 Å². The summed E-state index contributed by atoms with van der Waals surface area (Å²) in [6.45, 7) is 5.84. The first-order valence-electron chi connectivity index (χ1n) is 8.93. The second-order valence-electron chi connectivity index (χ2n) is 6.55. The van der Waals surface area contributed by atoms with Crippen molar-refractivity contribution in [3.63, 3.8) is 0 Å². The Morgan fingerprint density at radius 3 is 2.63 bits per heavy atom. The molecule has 2 aromatic carbocycles. The highest BCUT2D eigenvalue weighted by atomic mass is 16.5. The van der Waals surface area contributed by atoms with Gasteiger partial charge in [-0.05, 0) is 38.3 Å². The Hall–Kier alpha value is -3.15. The molecular weight excluding hydrogens is 342 g/mol. The molecule has 6 heteroatoms. The summed E-state index contributed by atoms with van der Waals surface area (Å²) in [5.74, 6) is -0.783. The van der Waals surface area contributed by atoms with Crippen molar-refractivity contribution in [2.45, 2.75) is 39.8 Å². The molecule has 0 aliphatic carbocycles. The predicted octanol–water partition coefficient (Wildman–Crippen LogP) is 3.61. The van der Waals surface area contributed by atoms with Gasteiger partial charge in [-0.2, -0.15) is 5.10 Å². The monoisotopic (exact) mass is 365 g/mol. The molecule has 0 aliphatic heterocycles. The summed E-state index contributed by atoms with van der Waals surface area (Å²) in [7, 11) is 0. The number of esters is 1. The Morgan fingerprint density at radius 2 is 1.89 bits per heavy atom. The zero-order valence-corrected chi connectivity index (χ0v) is 15.7. The quantitative estimate of drug-likeness (QED) is 0.677. The number of carbonyl (C=O) groups excluding carboxylic acids is 2. The first-order chi connectivity index (χ1) is 12.9. The van der Waals surface area contributed by atoms with E-state index in [1.165, 1.54) is 0 Å². The molecule has 3 aromatic rings. The van der Waals surface area contributed by atoms with Gasteiger partial charge in [0.25, 0.3) is 5.91 Å². The predicted molar refractivity (Wildman–Crippen MR) is 104 cm³/mol. The second kappa shape index (κ2) is 8.03. The van der Waals surface area contributed by atoms with Crippen LogP contribution >= 0.6 is 0 Å². The van der Waals surface area contributed by atoms with Crippen molar-refractivity contribution >= 4 is 28.3 Å². The number of hydrogen-bond donors (Lipinski definition) is 1. The molecule has 0 saturated heterocycles. The number of nitrogens with one attached hydrogen (secondary N) is 1.